The van der Waals surface area contributed by atoms with Crippen LogP contribution < -0.4 is 5.73 Å². The van der Waals surface area contributed by atoms with Crippen LogP contribution in [-0.4, -0.2) is 30.1 Å². The van der Waals surface area contributed by atoms with Crippen molar-refractivity contribution in [3.05, 3.63) is 29.6 Å². The molecule has 1 aromatic rings. The molecule has 0 heterocycles. The van der Waals surface area contributed by atoms with Crippen molar-refractivity contribution < 1.29 is 22.4 Å². The number of benzene rings is 1. The molecule has 1 aromatic carbocycles. The highest BCUT2D eigenvalue weighted by atomic mass is 19.4. The Hall–Kier alpha value is -1.79. The third-order valence-corrected chi connectivity index (χ3v) is 2.49. The number of hydrogen-bond acceptors (Lipinski definition) is 2. The lowest BCUT2D eigenvalue weighted by atomic mass is 10.1. The highest BCUT2D eigenvalue weighted by Gasteiger charge is 2.33. The number of halogens is 4. The smallest absolute Gasteiger partial charge is 0.396 e. The van der Waals surface area contributed by atoms with E-state index in [0.29, 0.717) is 4.90 Å². The molecule has 0 aliphatic heterocycles. The topological polar surface area (TPSA) is 46.3 Å². The summed E-state index contributed by atoms with van der Waals surface area (Å²) in [5.74, 6) is -1.83. The number of hydrogen-bond donors (Lipinski definition) is 1. The van der Waals surface area contributed by atoms with Crippen LogP contribution in [0.4, 0.5) is 23.2 Å². The van der Waals surface area contributed by atoms with Crippen LogP contribution in [0.15, 0.2) is 18.2 Å². The summed E-state index contributed by atoms with van der Waals surface area (Å²) in [5.41, 5.74) is 4.96. The first-order valence-electron chi connectivity index (χ1n) is 6.01. The summed E-state index contributed by atoms with van der Waals surface area (Å²) in [7, 11) is 0. The second kappa shape index (κ2) is 6.11. The van der Waals surface area contributed by atoms with Gasteiger partial charge in [0.05, 0.1) is 5.69 Å². The van der Waals surface area contributed by atoms with Gasteiger partial charge in [-0.05, 0) is 24.1 Å². The Morgan fingerprint density at radius 3 is 2.40 bits per heavy atom. The highest BCUT2D eigenvalue weighted by Crippen LogP contribution is 2.20. The molecule has 0 unspecified atom stereocenters. The van der Waals surface area contributed by atoms with Crippen molar-refractivity contribution in [3.63, 3.8) is 0 Å². The molecule has 1 amide bonds. The minimum absolute atomic E-state index is 0.0651. The van der Waals surface area contributed by atoms with Crippen LogP contribution in [0.1, 0.15) is 24.2 Å². The van der Waals surface area contributed by atoms with Crippen LogP contribution in [-0.2, 0) is 0 Å². The Balaban J connectivity index is 2.99. The fourth-order valence-corrected chi connectivity index (χ4v) is 1.72. The predicted molar refractivity (Wildman–Crippen MR) is 67.6 cm³/mol. The van der Waals surface area contributed by atoms with Gasteiger partial charge in [0.15, 0.2) is 0 Å². The SMILES string of the molecule is CC(C)CN(CC(F)(F)F)C(=O)c1ccc(N)c(F)c1. The zero-order valence-electron chi connectivity index (χ0n) is 11.2. The molecule has 0 atom stereocenters. The van der Waals surface area contributed by atoms with Gasteiger partial charge in [-0.2, -0.15) is 13.2 Å². The van der Waals surface area contributed by atoms with Crippen molar-refractivity contribution in [3.8, 4) is 0 Å². The van der Waals surface area contributed by atoms with E-state index in [0.717, 1.165) is 12.1 Å². The number of carbonyl (C=O) groups excluding carboxylic acids is 1. The minimum Gasteiger partial charge on any atom is -0.396 e. The van der Waals surface area contributed by atoms with E-state index in [1.807, 2.05) is 0 Å². The first-order chi connectivity index (χ1) is 9.10. The fraction of sp³-hybridized carbons (Fsp3) is 0.462. The van der Waals surface area contributed by atoms with Crippen molar-refractivity contribution >= 4 is 11.6 Å². The Morgan fingerprint density at radius 2 is 1.95 bits per heavy atom. The number of alkyl halides is 3. The lowest BCUT2D eigenvalue weighted by molar-refractivity contribution is -0.141. The number of nitrogens with zero attached hydrogens (tertiary/aromatic N) is 1. The molecule has 1 rings (SSSR count). The van der Waals surface area contributed by atoms with Crippen LogP contribution in [0.3, 0.4) is 0 Å². The van der Waals surface area contributed by atoms with Crippen LogP contribution in [0, 0.1) is 11.7 Å². The monoisotopic (exact) mass is 292 g/mol. The quantitative estimate of drug-likeness (QED) is 0.685. The normalized spacial score (nSPS) is 11.8. The second-order valence-electron chi connectivity index (χ2n) is 4.93. The van der Waals surface area contributed by atoms with Crippen LogP contribution in [0.25, 0.3) is 0 Å². The maximum Gasteiger partial charge on any atom is 0.406 e. The Morgan fingerprint density at radius 1 is 1.35 bits per heavy atom. The lowest BCUT2D eigenvalue weighted by Crippen LogP contribution is -2.41. The Kier molecular flexibility index (Phi) is 4.97. The highest BCUT2D eigenvalue weighted by molar-refractivity contribution is 5.94. The summed E-state index contributed by atoms with van der Waals surface area (Å²) in [6.45, 7) is 1.96. The average Bonchev–Trinajstić information content (AvgIpc) is 2.28. The van der Waals surface area contributed by atoms with Gasteiger partial charge in [-0.1, -0.05) is 13.8 Å². The number of nitrogen functional groups attached to an aromatic ring is 1. The molecule has 20 heavy (non-hydrogen) atoms. The predicted octanol–water partition coefficient (Wildman–Crippen LogP) is 3.07. The van der Waals surface area contributed by atoms with E-state index in [9.17, 15) is 22.4 Å². The van der Waals surface area contributed by atoms with Gasteiger partial charge in [0, 0.05) is 12.1 Å². The maximum absolute atomic E-state index is 13.3. The van der Waals surface area contributed by atoms with Crippen molar-refractivity contribution in [1.82, 2.24) is 4.90 Å². The van der Waals surface area contributed by atoms with Gasteiger partial charge in [0.2, 0.25) is 0 Å². The van der Waals surface area contributed by atoms with Crippen molar-refractivity contribution in [2.24, 2.45) is 5.92 Å². The third kappa shape index (κ3) is 4.71. The molecule has 0 saturated heterocycles. The molecule has 3 nitrogen and oxygen atoms in total. The Bertz CT molecular complexity index is 486. The summed E-state index contributed by atoms with van der Waals surface area (Å²) in [4.78, 5) is 12.7. The van der Waals surface area contributed by atoms with E-state index < -0.39 is 24.4 Å². The zero-order chi connectivity index (χ0) is 15.5. The van der Waals surface area contributed by atoms with Gasteiger partial charge in [0.1, 0.15) is 12.4 Å². The number of amides is 1. The molecular weight excluding hydrogens is 276 g/mol. The van der Waals surface area contributed by atoms with Gasteiger partial charge < -0.3 is 10.6 Å². The fourth-order valence-electron chi connectivity index (χ4n) is 1.72. The molecule has 0 bridgehead atoms. The Labute approximate surface area is 114 Å². The first-order valence-corrected chi connectivity index (χ1v) is 6.01. The molecule has 0 aromatic heterocycles. The number of carbonyl (C=O) groups is 1. The summed E-state index contributed by atoms with van der Waals surface area (Å²) in [6.07, 6.45) is -4.50. The van der Waals surface area contributed by atoms with E-state index in [2.05, 4.69) is 0 Å². The van der Waals surface area contributed by atoms with Crippen molar-refractivity contribution in [2.45, 2.75) is 20.0 Å². The summed E-state index contributed by atoms with van der Waals surface area (Å²) in [6, 6.07) is 3.22. The molecule has 0 aliphatic carbocycles. The van der Waals surface area contributed by atoms with Gasteiger partial charge in [-0.3, -0.25) is 4.79 Å². The maximum atomic E-state index is 13.3. The van der Waals surface area contributed by atoms with E-state index in [4.69, 9.17) is 5.73 Å². The minimum atomic E-state index is -4.50. The third-order valence-electron chi connectivity index (χ3n) is 2.49. The summed E-state index contributed by atoms with van der Waals surface area (Å²) in [5, 5.41) is 0. The summed E-state index contributed by atoms with van der Waals surface area (Å²) >= 11 is 0. The van der Waals surface area contributed by atoms with Gasteiger partial charge in [-0.25, -0.2) is 4.39 Å². The largest absolute Gasteiger partial charge is 0.406 e. The van der Waals surface area contributed by atoms with Crippen molar-refractivity contribution in [1.29, 1.82) is 0 Å². The molecule has 0 fully saturated rings. The lowest BCUT2D eigenvalue weighted by Gasteiger charge is -2.25. The molecule has 0 spiro atoms. The molecule has 112 valence electrons. The van der Waals surface area contributed by atoms with Crippen LogP contribution in [0.5, 0.6) is 0 Å². The molecule has 0 aliphatic rings. The van der Waals surface area contributed by atoms with Gasteiger partial charge >= 0.3 is 6.18 Å². The molecule has 0 radical (unpaired) electrons. The van der Waals surface area contributed by atoms with Gasteiger partial charge in [0.25, 0.3) is 5.91 Å². The molecule has 2 N–H and O–H groups in total. The standard InChI is InChI=1S/C13H16F4N2O/c1-8(2)6-19(7-13(15,16)17)12(20)9-3-4-11(18)10(14)5-9/h3-5,8H,6-7,18H2,1-2H3. The van der Waals surface area contributed by atoms with Crippen LogP contribution >= 0.6 is 0 Å². The zero-order valence-corrected chi connectivity index (χ0v) is 11.2. The molecular formula is C13H16F4N2O. The van der Waals surface area contributed by atoms with E-state index in [1.165, 1.54) is 6.07 Å². The van der Waals surface area contributed by atoms with Crippen molar-refractivity contribution in [2.75, 3.05) is 18.8 Å². The number of nitrogens with two attached hydrogens (primary N) is 1. The van der Waals surface area contributed by atoms with E-state index >= 15 is 0 Å². The van der Waals surface area contributed by atoms with E-state index in [1.54, 1.807) is 13.8 Å². The number of rotatable bonds is 4. The average molecular weight is 292 g/mol. The van der Waals surface area contributed by atoms with Gasteiger partial charge in [-0.15, -0.1) is 0 Å². The molecule has 7 heteroatoms. The molecule has 0 saturated carbocycles. The summed E-state index contributed by atoms with van der Waals surface area (Å²) < 4.78 is 50.7. The van der Waals surface area contributed by atoms with Crippen LogP contribution in [0.2, 0.25) is 0 Å². The first kappa shape index (κ1) is 16.3. The second-order valence-corrected chi connectivity index (χ2v) is 4.93. The van der Waals surface area contributed by atoms with E-state index in [-0.39, 0.29) is 23.7 Å². The number of anilines is 1.